The van der Waals surface area contributed by atoms with Gasteiger partial charge in [-0.15, -0.1) is 0 Å². The van der Waals surface area contributed by atoms with Crippen LogP contribution >= 0.6 is 0 Å². The van der Waals surface area contributed by atoms with Crippen LogP contribution in [0.1, 0.15) is 27.0 Å². The third-order valence-electron chi connectivity index (χ3n) is 4.33. The van der Waals surface area contributed by atoms with E-state index in [0.717, 1.165) is 23.3 Å². The van der Waals surface area contributed by atoms with Crippen molar-refractivity contribution in [1.29, 1.82) is 0 Å². The zero-order valence-electron chi connectivity index (χ0n) is 16.6. The van der Waals surface area contributed by atoms with Gasteiger partial charge in [0, 0.05) is 6.07 Å². The van der Waals surface area contributed by atoms with Gasteiger partial charge in [-0.3, -0.25) is 4.79 Å². The van der Waals surface area contributed by atoms with Crippen molar-refractivity contribution in [3.05, 3.63) is 106 Å². The summed E-state index contributed by atoms with van der Waals surface area (Å²) >= 11 is 0. The fourth-order valence-electron chi connectivity index (χ4n) is 2.81. The Morgan fingerprint density at radius 3 is 2.42 bits per heavy atom. The highest BCUT2D eigenvalue weighted by Crippen LogP contribution is 2.17. The molecule has 0 aliphatic carbocycles. The van der Waals surface area contributed by atoms with E-state index in [1.54, 1.807) is 24.3 Å². The van der Waals surface area contributed by atoms with E-state index < -0.39 is 34.8 Å². The predicted octanol–water partition coefficient (Wildman–Crippen LogP) is 4.71. The van der Waals surface area contributed by atoms with Crippen molar-refractivity contribution in [3.63, 3.8) is 0 Å². The Morgan fingerprint density at radius 1 is 1.03 bits per heavy atom. The molecule has 0 atom stereocenters. The average Bonchev–Trinajstić information content (AvgIpc) is 2.72. The smallest absolute Gasteiger partial charge is 0.352 e. The number of carboxylic acids is 1. The molecule has 0 bridgehead atoms. The molecule has 2 N–H and O–H groups in total. The Labute approximate surface area is 177 Å². The van der Waals surface area contributed by atoms with Crippen LogP contribution in [0.4, 0.5) is 8.78 Å². The summed E-state index contributed by atoms with van der Waals surface area (Å²) in [6.45, 7) is 2.38. The van der Waals surface area contributed by atoms with E-state index in [2.05, 4.69) is 5.32 Å². The summed E-state index contributed by atoms with van der Waals surface area (Å²) in [7, 11) is 0. The van der Waals surface area contributed by atoms with Gasteiger partial charge in [0.25, 0.3) is 5.91 Å². The van der Waals surface area contributed by atoms with Gasteiger partial charge in [-0.25, -0.2) is 13.6 Å². The molecule has 7 heteroatoms. The zero-order chi connectivity index (χ0) is 22.4. The van der Waals surface area contributed by atoms with Gasteiger partial charge in [0.2, 0.25) is 0 Å². The Kier molecular flexibility index (Phi) is 6.77. The molecule has 0 aliphatic rings. The molecular weight excluding hydrogens is 404 g/mol. The summed E-state index contributed by atoms with van der Waals surface area (Å²) in [5.74, 6) is -3.74. The third kappa shape index (κ3) is 5.99. The molecule has 0 saturated heterocycles. The van der Waals surface area contributed by atoms with Gasteiger partial charge in [0.1, 0.15) is 29.7 Å². The number of hydrogen-bond acceptors (Lipinski definition) is 3. The Balaban J connectivity index is 1.70. The van der Waals surface area contributed by atoms with E-state index in [4.69, 9.17) is 4.74 Å². The number of hydrogen-bond donors (Lipinski definition) is 2. The van der Waals surface area contributed by atoms with Crippen molar-refractivity contribution in [1.82, 2.24) is 5.32 Å². The van der Waals surface area contributed by atoms with Crippen LogP contribution in [0.2, 0.25) is 0 Å². The highest BCUT2D eigenvalue weighted by Gasteiger charge is 2.17. The number of rotatable bonds is 7. The normalized spacial score (nSPS) is 11.1. The van der Waals surface area contributed by atoms with E-state index in [1.165, 1.54) is 6.08 Å². The minimum Gasteiger partial charge on any atom is -0.489 e. The largest absolute Gasteiger partial charge is 0.489 e. The lowest BCUT2D eigenvalue weighted by atomic mass is 10.1. The van der Waals surface area contributed by atoms with E-state index >= 15 is 0 Å². The highest BCUT2D eigenvalue weighted by molar-refractivity contribution is 6.02. The molecule has 5 nitrogen and oxygen atoms in total. The molecule has 31 heavy (non-hydrogen) atoms. The molecule has 0 spiro atoms. The molecule has 0 aliphatic heterocycles. The second-order valence-corrected chi connectivity index (χ2v) is 6.79. The van der Waals surface area contributed by atoms with Gasteiger partial charge in [0.15, 0.2) is 0 Å². The van der Waals surface area contributed by atoms with E-state index in [1.807, 2.05) is 31.2 Å². The number of aliphatic carboxylic acids is 1. The fourth-order valence-corrected chi connectivity index (χ4v) is 2.81. The third-order valence-corrected chi connectivity index (χ3v) is 4.33. The van der Waals surface area contributed by atoms with Crippen molar-refractivity contribution >= 4 is 18.0 Å². The van der Waals surface area contributed by atoms with Crippen molar-refractivity contribution in [2.45, 2.75) is 13.5 Å². The number of halogens is 2. The highest BCUT2D eigenvalue weighted by atomic mass is 19.1. The lowest BCUT2D eigenvalue weighted by Crippen LogP contribution is -2.28. The van der Waals surface area contributed by atoms with Gasteiger partial charge in [-0.05, 0) is 48.4 Å². The Bertz CT molecular complexity index is 1140. The average molecular weight is 423 g/mol. The summed E-state index contributed by atoms with van der Waals surface area (Å²) < 4.78 is 32.5. The minimum absolute atomic E-state index is 0.385. The standard InChI is InChI=1S/C24H19F2NO4/c1-15-3-2-4-17(11-15)14-31-19-8-5-16(6-9-19)12-22(24(29)30)27-23(28)20-10-7-18(25)13-21(20)26/h2-13H,14H2,1H3,(H,27,28)(H,29,30)/b22-12-. The number of benzene rings is 3. The first kappa shape index (κ1) is 21.7. The molecule has 3 aromatic rings. The molecule has 0 unspecified atom stereocenters. The van der Waals surface area contributed by atoms with Crippen LogP contribution in [0.25, 0.3) is 6.08 Å². The summed E-state index contributed by atoms with van der Waals surface area (Å²) in [4.78, 5) is 23.7. The predicted molar refractivity (Wildman–Crippen MR) is 111 cm³/mol. The molecule has 3 rings (SSSR count). The molecule has 0 heterocycles. The van der Waals surface area contributed by atoms with Crippen LogP contribution in [0.3, 0.4) is 0 Å². The lowest BCUT2D eigenvalue weighted by Gasteiger charge is -2.09. The van der Waals surface area contributed by atoms with E-state index in [-0.39, 0.29) is 0 Å². The number of carbonyl (C=O) groups is 2. The zero-order valence-corrected chi connectivity index (χ0v) is 16.6. The molecule has 0 saturated carbocycles. The van der Waals surface area contributed by atoms with E-state index in [0.29, 0.717) is 24.0 Å². The van der Waals surface area contributed by atoms with Crippen LogP contribution in [0.5, 0.6) is 5.75 Å². The molecule has 158 valence electrons. The maximum absolute atomic E-state index is 13.8. The van der Waals surface area contributed by atoms with E-state index in [9.17, 15) is 23.5 Å². The van der Waals surface area contributed by atoms with Gasteiger partial charge in [-0.2, -0.15) is 0 Å². The molecule has 3 aromatic carbocycles. The minimum atomic E-state index is -1.41. The molecular formula is C24H19F2NO4. The first-order valence-electron chi connectivity index (χ1n) is 9.31. The Morgan fingerprint density at radius 2 is 1.77 bits per heavy atom. The SMILES string of the molecule is Cc1cccc(COc2ccc(/C=C(\NC(=O)c3ccc(F)cc3F)C(=O)O)cc2)c1. The number of nitrogens with one attached hydrogen (secondary N) is 1. The number of carboxylic acid groups (broad SMARTS) is 1. The topological polar surface area (TPSA) is 75.6 Å². The molecule has 1 amide bonds. The van der Waals surface area contributed by atoms with Crippen LogP contribution in [-0.2, 0) is 11.4 Å². The van der Waals surface area contributed by atoms with Crippen LogP contribution < -0.4 is 10.1 Å². The van der Waals surface area contributed by atoms with Crippen LogP contribution in [0, 0.1) is 18.6 Å². The second kappa shape index (κ2) is 9.67. The molecule has 0 radical (unpaired) electrons. The summed E-state index contributed by atoms with van der Waals surface area (Å²) in [6, 6.07) is 16.9. The maximum atomic E-state index is 13.8. The number of aryl methyl sites for hydroxylation is 1. The van der Waals surface area contributed by atoms with Crippen molar-refractivity contribution in [2.24, 2.45) is 0 Å². The second-order valence-electron chi connectivity index (χ2n) is 6.79. The number of ether oxygens (including phenoxy) is 1. The van der Waals surface area contributed by atoms with Crippen LogP contribution in [-0.4, -0.2) is 17.0 Å². The van der Waals surface area contributed by atoms with Gasteiger partial charge < -0.3 is 15.2 Å². The molecule has 0 aromatic heterocycles. The summed E-state index contributed by atoms with van der Waals surface area (Å²) in [5, 5.41) is 11.5. The van der Waals surface area contributed by atoms with Crippen molar-refractivity contribution in [2.75, 3.05) is 0 Å². The van der Waals surface area contributed by atoms with Gasteiger partial charge in [0.05, 0.1) is 5.56 Å². The monoisotopic (exact) mass is 423 g/mol. The summed E-state index contributed by atoms with van der Waals surface area (Å²) in [5.41, 5.74) is 1.72. The van der Waals surface area contributed by atoms with Crippen molar-refractivity contribution in [3.8, 4) is 5.75 Å². The van der Waals surface area contributed by atoms with Crippen molar-refractivity contribution < 1.29 is 28.2 Å². The lowest BCUT2D eigenvalue weighted by molar-refractivity contribution is -0.132. The summed E-state index contributed by atoms with van der Waals surface area (Å²) in [6.07, 6.45) is 1.23. The first-order chi connectivity index (χ1) is 14.8. The number of amides is 1. The Hall–Kier alpha value is -4.00. The number of carbonyl (C=O) groups excluding carboxylic acids is 1. The first-order valence-corrected chi connectivity index (χ1v) is 9.31. The van der Waals surface area contributed by atoms with Crippen LogP contribution in [0.15, 0.2) is 72.4 Å². The quantitative estimate of drug-likeness (QED) is 0.540. The van der Waals surface area contributed by atoms with Gasteiger partial charge >= 0.3 is 5.97 Å². The fraction of sp³-hybridized carbons (Fsp3) is 0.0833. The van der Waals surface area contributed by atoms with Gasteiger partial charge in [-0.1, -0.05) is 42.0 Å². The maximum Gasteiger partial charge on any atom is 0.352 e. The molecule has 0 fully saturated rings.